The number of hydrogen-bond donors (Lipinski definition) is 2. The Morgan fingerprint density at radius 1 is 1.04 bits per heavy atom. The van der Waals surface area contributed by atoms with Gasteiger partial charge in [0.2, 0.25) is 0 Å². The third-order valence-corrected chi connectivity index (χ3v) is 3.32. The summed E-state index contributed by atoms with van der Waals surface area (Å²) in [5, 5.41) is 3.72. The molecule has 0 aliphatic rings. The van der Waals surface area contributed by atoms with Gasteiger partial charge in [0.25, 0.3) is 0 Å². The molecule has 2 rings (SSSR count). The number of methoxy groups -OCH3 is 1. The molecule has 3 N–H and O–H groups in total. The Morgan fingerprint density at radius 2 is 1.70 bits per heavy atom. The van der Waals surface area contributed by atoms with Crippen molar-refractivity contribution in [2.75, 3.05) is 26.9 Å². The molecule has 144 valence electrons. The summed E-state index contributed by atoms with van der Waals surface area (Å²) >= 11 is 0. The minimum absolute atomic E-state index is 0.328. The minimum Gasteiger partial charge on any atom is -0.493 e. The van der Waals surface area contributed by atoms with E-state index in [9.17, 15) is 4.79 Å². The summed E-state index contributed by atoms with van der Waals surface area (Å²) in [7, 11) is 1.59. The maximum atomic E-state index is 10.6. The van der Waals surface area contributed by atoms with Crippen molar-refractivity contribution < 1.29 is 23.7 Å². The molecular formula is C19H23N3O5. The lowest BCUT2D eigenvalue weighted by atomic mass is 10.2. The van der Waals surface area contributed by atoms with Crippen molar-refractivity contribution in [1.29, 1.82) is 0 Å². The second-order valence-electron chi connectivity index (χ2n) is 5.22. The average Bonchev–Trinajstić information content (AvgIpc) is 2.67. The topological polar surface area (TPSA) is 104 Å². The lowest BCUT2D eigenvalue weighted by molar-refractivity contribution is 0.203. The number of carbonyl (C=O) groups excluding carboxylic acids is 1. The van der Waals surface area contributed by atoms with E-state index in [1.807, 2.05) is 31.2 Å². The molecule has 0 aliphatic carbocycles. The highest BCUT2D eigenvalue weighted by Crippen LogP contribution is 2.29. The first-order chi connectivity index (χ1) is 13.1. The lowest BCUT2D eigenvalue weighted by Crippen LogP contribution is -2.24. The van der Waals surface area contributed by atoms with Crippen LogP contribution in [0.2, 0.25) is 0 Å². The number of primary amides is 1. The summed E-state index contributed by atoms with van der Waals surface area (Å²) in [6.07, 6.45) is 1.46. The molecule has 0 atom stereocenters. The van der Waals surface area contributed by atoms with Crippen molar-refractivity contribution in [3.8, 4) is 23.0 Å². The number of para-hydroxylation sites is 2. The van der Waals surface area contributed by atoms with Gasteiger partial charge in [0.15, 0.2) is 23.0 Å². The van der Waals surface area contributed by atoms with Gasteiger partial charge >= 0.3 is 6.03 Å². The van der Waals surface area contributed by atoms with Crippen LogP contribution in [-0.4, -0.2) is 39.2 Å². The molecule has 27 heavy (non-hydrogen) atoms. The van der Waals surface area contributed by atoms with E-state index in [1.54, 1.807) is 25.3 Å². The van der Waals surface area contributed by atoms with Gasteiger partial charge in [-0.3, -0.25) is 0 Å². The van der Waals surface area contributed by atoms with Crippen LogP contribution in [0.3, 0.4) is 0 Å². The van der Waals surface area contributed by atoms with Gasteiger partial charge < -0.3 is 24.7 Å². The number of benzene rings is 2. The summed E-state index contributed by atoms with van der Waals surface area (Å²) < 4.78 is 22.3. The van der Waals surface area contributed by atoms with Crippen molar-refractivity contribution in [3.05, 3.63) is 48.0 Å². The number of rotatable bonds is 10. The number of nitrogens with one attached hydrogen (secondary N) is 1. The Morgan fingerprint density at radius 3 is 2.33 bits per heavy atom. The van der Waals surface area contributed by atoms with Crippen LogP contribution in [0.4, 0.5) is 4.79 Å². The number of ether oxygens (including phenoxy) is 4. The second kappa shape index (κ2) is 10.5. The molecule has 0 spiro atoms. The van der Waals surface area contributed by atoms with Crippen LogP contribution in [0.15, 0.2) is 47.6 Å². The lowest BCUT2D eigenvalue weighted by Gasteiger charge is -2.14. The summed E-state index contributed by atoms with van der Waals surface area (Å²) in [4.78, 5) is 10.6. The number of nitrogens with zero attached hydrogens (tertiary/aromatic N) is 1. The van der Waals surface area contributed by atoms with E-state index in [2.05, 4.69) is 10.5 Å². The molecule has 0 unspecified atom stereocenters. The Balaban J connectivity index is 1.94. The van der Waals surface area contributed by atoms with Crippen molar-refractivity contribution in [2.24, 2.45) is 10.8 Å². The first-order valence-electron chi connectivity index (χ1n) is 8.38. The van der Waals surface area contributed by atoms with E-state index in [4.69, 9.17) is 24.7 Å². The Bertz CT molecular complexity index is 780. The van der Waals surface area contributed by atoms with Crippen molar-refractivity contribution in [3.63, 3.8) is 0 Å². The summed E-state index contributed by atoms with van der Waals surface area (Å²) in [6, 6.07) is 12.0. The fraction of sp³-hybridized carbons (Fsp3) is 0.263. The third kappa shape index (κ3) is 6.43. The van der Waals surface area contributed by atoms with Gasteiger partial charge in [-0.05, 0) is 42.8 Å². The normalized spacial score (nSPS) is 10.4. The average molecular weight is 373 g/mol. The molecule has 8 nitrogen and oxygen atoms in total. The van der Waals surface area contributed by atoms with E-state index in [0.29, 0.717) is 42.8 Å². The SMILES string of the molecule is CCOc1cc(/C=N\NC(N)=O)ccc1OCCOc1ccccc1OC. The maximum Gasteiger partial charge on any atom is 0.332 e. The summed E-state index contributed by atoms with van der Waals surface area (Å²) in [5.41, 5.74) is 7.82. The maximum absolute atomic E-state index is 10.6. The molecule has 0 aliphatic heterocycles. The fourth-order valence-corrected chi connectivity index (χ4v) is 2.20. The largest absolute Gasteiger partial charge is 0.493 e. The van der Waals surface area contributed by atoms with Crippen molar-refractivity contribution >= 4 is 12.2 Å². The Kier molecular flexibility index (Phi) is 7.77. The van der Waals surface area contributed by atoms with Crippen LogP contribution in [0.25, 0.3) is 0 Å². The highest BCUT2D eigenvalue weighted by Gasteiger charge is 2.07. The zero-order chi connectivity index (χ0) is 19.5. The Labute approximate surface area is 157 Å². The van der Waals surface area contributed by atoms with Crippen LogP contribution >= 0.6 is 0 Å². The van der Waals surface area contributed by atoms with E-state index >= 15 is 0 Å². The van der Waals surface area contributed by atoms with E-state index in [-0.39, 0.29) is 0 Å². The first kappa shape index (κ1) is 19.9. The molecule has 0 heterocycles. The first-order valence-corrected chi connectivity index (χ1v) is 8.38. The zero-order valence-electron chi connectivity index (χ0n) is 15.3. The van der Waals surface area contributed by atoms with Crippen LogP contribution < -0.4 is 30.1 Å². The van der Waals surface area contributed by atoms with Crippen LogP contribution in [0.1, 0.15) is 12.5 Å². The van der Waals surface area contributed by atoms with E-state index in [1.165, 1.54) is 6.21 Å². The summed E-state index contributed by atoms with van der Waals surface area (Å²) in [5.74, 6) is 2.47. The monoisotopic (exact) mass is 373 g/mol. The fourth-order valence-electron chi connectivity index (χ4n) is 2.20. The second-order valence-corrected chi connectivity index (χ2v) is 5.22. The molecule has 0 bridgehead atoms. The number of hydrogen-bond acceptors (Lipinski definition) is 6. The number of urea groups is 1. The molecule has 2 aromatic carbocycles. The van der Waals surface area contributed by atoms with E-state index in [0.717, 1.165) is 5.56 Å². The van der Waals surface area contributed by atoms with Gasteiger partial charge in [0, 0.05) is 0 Å². The number of nitrogens with two attached hydrogens (primary N) is 1. The highest BCUT2D eigenvalue weighted by atomic mass is 16.5. The standard InChI is InChI=1S/C19H23N3O5/c1-3-25-18-12-14(13-21-22-19(20)23)8-9-17(18)27-11-10-26-16-7-5-4-6-15(16)24-2/h4-9,12-13H,3,10-11H2,1-2H3,(H3,20,22,23)/b21-13-. The molecule has 0 aromatic heterocycles. The molecule has 2 aromatic rings. The third-order valence-electron chi connectivity index (χ3n) is 3.32. The molecule has 0 saturated carbocycles. The van der Waals surface area contributed by atoms with E-state index < -0.39 is 6.03 Å². The van der Waals surface area contributed by atoms with Crippen molar-refractivity contribution in [2.45, 2.75) is 6.92 Å². The number of carbonyl (C=O) groups is 1. The van der Waals surface area contributed by atoms with Crippen molar-refractivity contribution in [1.82, 2.24) is 5.43 Å². The number of hydrazone groups is 1. The molecule has 0 saturated heterocycles. The van der Waals surface area contributed by atoms with Gasteiger partial charge in [0.1, 0.15) is 13.2 Å². The highest BCUT2D eigenvalue weighted by molar-refractivity contribution is 5.82. The van der Waals surface area contributed by atoms with Gasteiger partial charge in [-0.15, -0.1) is 0 Å². The van der Waals surface area contributed by atoms with Gasteiger partial charge in [0.05, 0.1) is 19.9 Å². The van der Waals surface area contributed by atoms with Gasteiger partial charge in [-0.2, -0.15) is 5.10 Å². The molecule has 0 radical (unpaired) electrons. The predicted molar refractivity (Wildman–Crippen MR) is 102 cm³/mol. The molecule has 0 fully saturated rings. The van der Waals surface area contributed by atoms with Crippen LogP contribution in [0.5, 0.6) is 23.0 Å². The van der Waals surface area contributed by atoms with Crippen LogP contribution in [0, 0.1) is 0 Å². The smallest absolute Gasteiger partial charge is 0.332 e. The van der Waals surface area contributed by atoms with Gasteiger partial charge in [-0.1, -0.05) is 12.1 Å². The molecule has 8 heteroatoms. The quantitative estimate of drug-likeness (QED) is 0.378. The Hall–Kier alpha value is -3.42. The minimum atomic E-state index is -0.730. The predicted octanol–water partition coefficient (Wildman–Crippen LogP) is 2.55. The van der Waals surface area contributed by atoms with Crippen LogP contribution in [-0.2, 0) is 0 Å². The van der Waals surface area contributed by atoms with Gasteiger partial charge in [-0.25, -0.2) is 10.2 Å². The summed E-state index contributed by atoms with van der Waals surface area (Å²) in [6.45, 7) is 3.03. The molecule has 2 amide bonds. The zero-order valence-corrected chi connectivity index (χ0v) is 15.3. The number of amides is 2. The molecular weight excluding hydrogens is 350 g/mol.